The number of rotatable bonds is 5. The maximum Gasteiger partial charge on any atom is 0.320 e. The molecule has 0 fully saturated rings. The number of carbonyl (C=O) groups is 1. The van der Waals surface area contributed by atoms with E-state index in [-0.39, 0.29) is 24.8 Å². The van der Waals surface area contributed by atoms with Crippen LogP contribution in [0.1, 0.15) is 30.1 Å². The number of hydrogen-bond acceptors (Lipinski definition) is 3. The van der Waals surface area contributed by atoms with Crippen molar-refractivity contribution in [3.63, 3.8) is 0 Å². The lowest BCUT2D eigenvalue weighted by Gasteiger charge is -2.03. The summed E-state index contributed by atoms with van der Waals surface area (Å²) in [4.78, 5) is 10.6. The zero-order valence-electron chi connectivity index (χ0n) is 13.9. The fourth-order valence-electron chi connectivity index (χ4n) is 0.212. The van der Waals surface area contributed by atoms with Gasteiger partial charge in [0.05, 0.1) is 0 Å². The van der Waals surface area contributed by atoms with Crippen LogP contribution in [0.4, 0.5) is 0 Å². The highest BCUT2D eigenvalue weighted by molar-refractivity contribution is 5.85. The average molecular weight is 227 g/mol. The first-order valence-corrected chi connectivity index (χ1v) is 2.38. The van der Waals surface area contributed by atoms with E-state index in [0.29, 0.717) is 0 Å². The Morgan fingerprint density at radius 2 is 2.00 bits per heavy atom. The van der Waals surface area contributed by atoms with Crippen molar-refractivity contribution in [1.82, 2.24) is 0 Å². The molecule has 12 heavy (non-hydrogen) atoms. The van der Waals surface area contributed by atoms with Crippen molar-refractivity contribution in [2.45, 2.75) is 25.2 Å². The Morgan fingerprint density at radius 3 is 2.33 bits per heavy atom. The van der Waals surface area contributed by atoms with Crippen LogP contribution in [0.25, 0.3) is 0 Å². The number of nitrogens with two attached hydrogens (primary N) is 2. The highest BCUT2D eigenvalue weighted by Crippen LogP contribution is 1.96. The monoisotopic (exact) mass is 226 g/mol. The van der Waals surface area contributed by atoms with Crippen molar-refractivity contribution in [3.8, 4) is 0 Å². The molecule has 1 atom stereocenters. The molecule has 4 nitrogen and oxygen atoms in total. The van der Waals surface area contributed by atoms with E-state index < -0.39 is 37.6 Å². The highest BCUT2D eigenvalue weighted by Gasteiger charge is 2.09. The maximum atomic E-state index is 10.6. The summed E-state index contributed by atoms with van der Waals surface area (Å²) in [6, 6.07) is -2.37. The van der Waals surface area contributed by atoms with Gasteiger partial charge in [0.25, 0.3) is 0 Å². The summed E-state index contributed by atoms with van der Waals surface area (Å²) in [5.41, 5.74) is 9.81. The number of carboxylic acid groups (broad SMARTS) is 1. The summed E-state index contributed by atoms with van der Waals surface area (Å²) in [6.45, 7) is -3.22. The van der Waals surface area contributed by atoms with Crippen LogP contribution < -0.4 is 11.5 Å². The quantitative estimate of drug-likeness (QED) is 0.633. The van der Waals surface area contributed by atoms with E-state index >= 15 is 0 Å². The van der Waals surface area contributed by atoms with E-state index in [1.807, 2.05) is 0 Å². The van der Waals surface area contributed by atoms with E-state index in [1.54, 1.807) is 0 Å². The predicted octanol–water partition coefficient (Wildman–Crippen LogP) is 0.371. The van der Waals surface area contributed by atoms with Gasteiger partial charge in [-0.15, -0.1) is 24.8 Å². The Bertz CT molecular complexity index is 348. The van der Waals surface area contributed by atoms with Crippen LogP contribution in [0.3, 0.4) is 0 Å². The second kappa shape index (κ2) is 11.0. The smallest absolute Gasteiger partial charge is 0.320 e. The third-order valence-electron chi connectivity index (χ3n) is 0.628. The van der Waals surface area contributed by atoms with E-state index in [1.165, 1.54) is 0 Å². The van der Waals surface area contributed by atoms with Crippen LogP contribution in [-0.4, -0.2) is 23.6 Å². The molecule has 0 heterocycles. The Hall–Kier alpha value is -0.0300. The van der Waals surface area contributed by atoms with Gasteiger partial charge in [-0.1, -0.05) is 6.37 Å². The van der Waals surface area contributed by atoms with E-state index in [4.69, 9.17) is 27.5 Å². The molecule has 0 rings (SSSR count). The summed E-state index contributed by atoms with van der Waals surface area (Å²) in [6.07, 6.45) is -10.4. The molecule has 0 aromatic heterocycles. The fraction of sp³-hybridized carbons (Fsp3) is 0.833. The first-order chi connectivity index (χ1) is 7.60. The molecule has 0 radical (unpaired) electrons. The van der Waals surface area contributed by atoms with Crippen molar-refractivity contribution in [1.29, 1.82) is 0 Å². The molecule has 0 amide bonds. The van der Waals surface area contributed by atoms with Gasteiger partial charge in [0.1, 0.15) is 6.04 Å². The summed E-state index contributed by atoms with van der Waals surface area (Å²) in [5, 5.41) is 8.57. The fourth-order valence-corrected chi connectivity index (χ4v) is 0.212. The molecule has 6 heteroatoms. The first kappa shape index (κ1) is 5.00. The second-order valence-electron chi connectivity index (χ2n) is 1.35. The van der Waals surface area contributed by atoms with Gasteiger partial charge in [-0.25, -0.2) is 0 Å². The molecule has 0 aliphatic rings. The Kier molecular flexibility index (Phi) is 4.57. The molecule has 5 N–H and O–H groups in total. The van der Waals surface area contributed by atoms with Crippen LogP contribution >= 0.6 is 24.8 Å². The minimum absolute atomic E-state index is 0. The molecule has 0 aromatic rings. The van der Waals surface area contributed by atoms with Crippen molar-refractivity contribution in [2.75, 3.05) is 6.50 Å². The van der Waals surface area contributed by atoms with Crippen molar-refractivity contribution in [2.24, 2.45) is 11.5 Å². The lowest BCUT2D eigenvalue weighted by molar-refractivity contribution is -0.138. The molecule has 0 aromatic carbocycles. The third-order valence-corrected chi connectivity index (χ3v) is 0.628. The molecule has 0 bridgehead atoms. The van der Waals surface area contributed by atoms with E-state index in [9.17, 15) is 4.79 Å². The van der Waals surface area contributed by atoms with Crippen molar-refractivity contribution >= 4 is 30.8 Å². The molecule has 0 saturated heterocycles. The van der Waals surface area contributed by atoms with E-state index in [2.05, 4.69) is 0 Å². The van der Waals surface area contributed by atoms with Crippen LogP contribution in [0, 0.1) is 0 Å². The SMILES string of the molecule is Cl.Cl.[2H]C([2H])(N)C([2H])([2H])C([2H])([2H])C([2H])([2H])C(N)C(=O)O. The summed E-state index contributed by atoms with van der Waals surface area (Å²) in [5.74, 6) is -1.88. The van der Waals surface area contributed by atoms with Crippen LogP contribution in [0.15, 0.2) is 0 Å². The molecular formula is C6H16Cl2N2O2. The zero-order chi connectivity index (χ0) is 15.2. The highest BCUT2D eigenvalue weighted by atomic mass is 35.5. The minimum Gasteiger partial charge on any atom is -0.480 e. The summed E-state index contributed by atoms with van der Waals surface area (Å²) < 4.78 is 57.9. The molecule has 76 valence electrons. The third kappa shape index (κ3) is 9.97. The number of aliphatic carboxylic acids is 1. The topological polar surface area (TPSA) is 89.3 Å². The van der Waals surface area contributed by atoms with Gasteiger partial charge in [0.2, 0.25) is 0 Å². The van der Waals surface area contributed by atoms with Crippen LogP contribution in [0.5, 0.6) is 0 Å². The van der Waals surface area contributed by atoms with E-state index in [0.717, 1.165) is 0 Å². The summed E-state index contributed by atoms with van der Waals surface area (Å²) >= 11 is 0. The van der Waals surface area contributed by atoms with Gasteiger partial charge >= 0.3 is 5.97 Å². The van der Waals surface area contributed by atoms with Gasteiger partial charge in [-0.3, -0.25) is 4.79 Å². The first-order valence-electron chi connectivity index (χ1n) is 6.38. The Labute approximate surface area is 95.7 Å². The standard InChI is InChI=1S/C6H14N2O2.2ClH/c7-4-2-1-3-5(8)6(9)10;;/h5H,1-4,7-8H2,(H,9,10);2*1H/i1D2,2D2,3D2,4D2;;. The molecular weight excluding hydrogens is 203 g/mol. The molecule has 0 spiro atoms. The molecule has 1 unspecified atom stereocenters. The van der Waals surface area contributed by atoms with Crippen molar-refractivity contribution in [3.05, 3.63) is 0 Å². The van der Waals surface area contributed by atoms with Gasteiger partial charge in [0, 0.05) is 11.0 Å². The lowest BCUT2D eigenvalue weighted by Crippen LogP contribution is -2.29. The van der Waals surface area contributed by atoms with Gasteiger partial charge in [0.15, 0.2) is 0 Å². The second-order valence-corrected chi connectivity index (χ2v) is 1.35. The van der Waals surface area contributed by atoms with Crippen LogP contribution in [0.2, 0.25) is 0 Å². The number of hydrogen-bond donors (Lipinski definition) is 3. The maximum absolute atomic E-state index is 10.6. The average Bonchev–Trinajstić information content (AvgIpc) is 2.13. The minimum atomic E-state index is -3.56. The van der Waals surface area contributed by atoms with Gasteiger partial charge in [-0.2, -0.15) is 0 Å². The normalized spacial score (nSPS) is 25.5. The lowest BCUT2D eigenvalue weighted by atomic mass is 10.1. The number of halogens is 2. The molecule has 0 aliphatic carbocycles. The van der Waals surface area contributed by atoms with Gasteiger partial charge in [-0.05, 0) is 19.2 Å². The van der Waals surface area contributed by atoms with Crippen molar-refractivity contribution < 1.29 is 20.9 Å². The Balaban J connectivity index is -0.00000144. The largest absolute Gasteiger partial charge is 0.480 e. The zero-order valence-corrected chi connectivity index (χ0v) is 7.54. The summed E-state index contributed by atoms with van der Waals surface area (Å²) in [7, 11) is 0. The Morgan fingerprint density at radius 1 is 1.50 bits per heavy atom. The van der Waals surface area contributed by atoms with Crippen LogP contribution in [-0.2, 0) is 4.79 Å². The molecule has 0 aliphatic heterocycles. The predicted molar refractivity (Wildman–Crippen MR) is 53.0 cm³/mol. The number of carboxylic acids is 1. The van der Waals surface area contributed by atoms with Gasteiger partial charge < -0.3 is 16.6 Å². The molecule has 0 saturated carbocycles.